The van der Waals surface area contributed by atoms with Gasteiger partial charge in [0.25, 0.3) is 0 Å². The SMILES string of the molecule is Cc1cc(C)cc(N(C)C(=O)C2CC(=O)N(c3ccc4c(c3)OCO4)C2)c1. The van der Waals surface area contributed by atoms with Crippen molar-refractivity contribution in [2.75, 3.05) is 30.2 Å². The van der Waals surface area contributed by atoms with Gasteiger partial charge in [-0.05, 0) is 49.2 Å². The predicted molar refractivity (Wildman–Crippen MR) is 102 cm³/mol. The fraction of sp³-hybridized carbons (Fsp3) is 0.333. The zero-order valence-corrected chi connectivity index (χ0v) is 15.7. The number of hydrogen-bond acceptors (Lipinski definition) is 4. The first-order chi connectivity index (χ1) is 12.9. The zero-order valence-electron chi connectivity index (χ0n) is 15.7. The molecule has 2 aromatic carbocycles. The molecule has 1 fully saturated rings. The molecule has 0 aromatic heterocycles. The van der Waals surface area contributed by atoms with Crippen molar-refractivity contribution in [1.29, 1.82) is 0 Å². The summed E-state index contributed by atoms with van der Waals surface area (Å²) in [5, 5.41) is 0. The van der Waals surface area contributed by atoms with Gasteiger partial charge in [-0.25, -0.2) is 0 Å². The summed E-state index contributed by atoms with van der Waals surface area (Å²) in [5.74, 6) is 0.835. The lowest BCUT2D eigenvalue weighted by Crippen LogP contribution is -2.34. The van der Waals surface area contributed by atoms with Crippen LogP contribution in [0.4, 0.5) is 11.4 Å². The van der Waals surface area contributed by atoms with Crippen molar-refractivity contribution in [2.24, 2.45) is 5.92 Å². The van der Waals surface area contributed by atoms with E-state index in [0.29, 0.717) is 18.0 Å². The number of benzene rings is 2. The zero-order chi connectivity index (χ0) is 19.1. The summed E-state index contributed by atoms with van der Waals surface area (Å²) < 4.78 is 10.7. The normalized spacial score (nSPS) is 18.1. The molecule has 2 aliphatic heterocycles. The average Bonchev–Trinajstić information content (AvgIpc) is 3.25. The molecule has 4 rings (SSSR count). The number of carbonyl (C=O) groups is 2. The molecule has 0 N–H and O–H groups in total. The Morgan fingerprint density at radius 1 is 1.07 bits per heavy atom. The monoisotopic (exact) mass is 366 g/mol. The summed E-state index contributed by atoms with van der Waals surface area (Å²) in [7, 11) is 1.77. The molecule has 140 valence electrons. The third-order valence-corrected chi connectivity index (χ3v) is 5.07. The fourth-order valence-electron chi connectivity index (χ4n) is 3.72. The Morgan fingerprint density at radius 3 is 2.52 bits per heavy atom. The second-order valence-electron chi connectivity index (χ2n) is 7.19. The van der Waals surface area contributed by atoms with Crippen LogP contribution >= 0.6 is 0 Å². The van der Waals surface area contributed by atoms with E-state index in [1.54, 1.807) is 29.0 Å². The van der Waals surface area contributed by atoms with Crippen molar-refractivity contribution in [2.45, 2.75) is 20.3 Å². The van der Waals surface area contributed by atoms with Crippen LogP contribution in [0.3, 0.4) is 0 Å². The Kier molecular flexibility index (Phi) is 4.26. The highest BCUT2D eigenvalue weighted by Gasteiger charge is 2.37. The number of amides is 2. The van der Waals surface area contributed by atoms with E-state index in [2.05, 4.69) is 6.07 Å². The summed E-state index contributed by atoms with van der Waals surface area (Å²) in [6.07, 6.45) is 0.211. The Morgan fingerprint density at radius 2 is 1.78 bits per heavy atom. The van der Waals surface area contributed by atoms with Gasteiger partial charge in [0.05, 0.1) is 5.92 Å². The topological polar surface area (TPSA) is 59.1 Å². The van der Waals surface area contributed by atoms with Gasteiger partial charge < -0.3 is 19.3 Å². The molecule has 1 atom stereocenters. The van der Waals surface area contributed by atoms with E-state index < -0.39 is 0 Å². The number of nitrogens with zero attached hydrogens (tertiary/aromatic N) is 2. The molecule has 0 aliphatic carbocycles. The van der Waals surface area contributed by atoms with Gasteiger partial charge in [0.2, 0.25) is 18.6 Å². The smallest absolute Gasteiger partial charge is 0.232 e. The maximum Gasteiger partial charge on any atom is 0.232 e. The van der Waals surface area contributed by atoms with Crippen LogP contribution in [0.2, 0.25) is 0 Å². The average molecular weight is 366 g/mol. The van der Waals surface area contributed by atoms with Crippen LogP contribution in [0, 0.1) is 19.8 Å². The lowest BCUT2D eigenvalue weighted by Gasteiger charge is -2.22. The summed E-state index contributed by atoms with van der Waals surface area (Å²) in [5.41, 5.74) is 3.79. The second-order valence-corrected chi connectivity index (χ2v) is 7.19. The van der Waals surface area contributed by atoms with E-state index in [1.807, 2.05) is 32.0 Å². The second kappa shape index (κ2) is 6.61. The standard InChI is InChI=1S/C21H22N2O4/c1-13-6-14(2)8-17(7-13)22(3)21(25)15-9-20(24)23(11-15)16-4-5-18-19(10-16)27-12-26-18/h4-8,10,15H,9,11-12H2,1-3H3. The highest BCUT2D eigenvalue weighted by atomic mass is 16.7. The van der Waals surface area contributed by atoms with E-state index >= 15 is 0 Å². The maximum atomic E-state index is 13.0. The fourth-order valence-corrected chi connectivity index (χ4v) is 3.72. The molecule has 1 saturated heterocycles. The van der Waals surface area contributed by atoms with Crippen LogP contribution in [0.25, 0.3) is 0 Å². The number of rotatable bonds is 3. The molecule has 0 radical (unpaired) electrons. The molecular weight excluding hydrogens is 344 g/mol. The van der Waals surface area contributed by atoms with Crippen LogP contribution in [0.5, 0.6) is 11.5 Å². The Labute approximate surface area is 158 Å². The highest BCUT2D eigenvalue weighted by Crippen LogP contribution is 2.37. The van der Waals surface area contributed by atoms with Gasteiger partial charge in [0.1, 0.15) is 0 Å². The van der Waals surface area contributed by atoms with E-state index in [-0.39, 0.29) is 30.9 Å². The van der Waals surface area contributed by atoms with E-state index in [1.165, 1.54) is 0 Å². The van der Waals surface area contributed by atoms with Crippen LogP contribution in [-0.4, -0.2) is 32.2 Å². The molecule has 27 heavy (non-hydrogen) atoms. The number of ether oxygens (including phenoxy) is 2. The third-order valence-electron chi connectivity index (χ3n) is 5.07. The molecule has 6 nitrogen and oxygen atoms in total. The van der Waals surface area contributed by atoms with Gasteiger partial charge in [-0.3, -0.25) is 9.59 Å². The van der Waals surface area contributed by atoms with Crippen molar-refractivity contribution >= 4 is 23.2 Å². The molecule has 2 heterocycles. The van der Waals surface area contributed by atoms with Crippen molar-refractivity contribution in [3.63, 3.8) is 0 Å². The van der Waals surface area contributed by atoms with Gasteiger partial charge >= 0.3 is 0 Å². The summed E-state index contributed by atoms with van der Waals surface area (Å²) in [4.78, 5) is 28.8. The summed E-state index contributed by atoms with van der Waals surface area (Å²) in [6, 6.07) is 11.4. The summed E-state index contributed by atoms with van der Waals surface area (Å²) >= 11 is 0. The van der Waals surface area contributed by atoms with Gasteiger partial charge in [-0.15, -0.1) is 0 Å². The van der Waals surface area contributed by atoms with Crippen molar-refractivity contribution in [3.05, 3.63) is 47.5 Å². The van der Waals surface area contributed by atoms with E-state index in [0.717, 1.165) is 22.5 Å². The minimum absolute atomic E-state index is 0.0448. The number of anilines is 2. The molecule has 6 heteroatoms. The van der Waals surface area contributed by atoms with E-state index in [4.69, 9.17) is 9.47 Å². The van der Waals surface area contributed by atoms with Gasteiger partial charge in [-0.2, -0.15) is 0 Å². The number of carbonyl (C=O) groups excluding carboxylic acids is 2. The van der Waals surface area contributed by atoms with Crippen molar-refractivity contribution in [1.82, 2.24) is 0 Å². The number of aryl methyl sites for hydroxylation is 2. The Balaban J connectivity index is 1.52. The first-order valence-electron chi connectivity index (χ1n) is 8.98. The van der Waals surface area contributed by atoms with Crippen molar-refractivity contribution < 1.29 is 19.1 Å². The van der Waals surface area contributed by atoms with Crippen LogP contribution < -0.4 is 19.3 Å². The molecule has 2 aliphatic rings. The first kappa shape index (κ1) is 17.4. The lowest BCUT2D eigenvalue weighted by atomic mass is 10.1. The van der Waals surface area contributed by atoms with Crippen molar-refractivity contribution in [3.8, 4) is 11.5 Å². The minimum atomic E-state index is -0.367. The van der Waals surface area contributed by atoms with Crippen LogP contribution in [0.15, 0.2) is 36.4 Å². The molecule has 0 bridgehead atoms. The van der Waals surface area contributed by atoms with Gasteiger partial charge in [0, 0.05) is 37.5 Å². The lowest BCUT2D eigenvalue weighted by molar-refractivity contribution is -0.124. The summed E-state index contributed by atoms with van der Waals surface area (Å²) in [6.45, 7) is 4.57. The third kappa shape index (κ3) is 3.23. The van der Waals surface area contributed by atoms with E-state index in [9.17, 15) is 9.59 Å². The molecule has 2 aromatic rings. The Hall–Kier alpha value is -3.02. The minimum Gasteiger partial charge on any atom is -0.454 e. The maximum absolute atomic E-state index is 13.0. The highest BCUT2D eigenvalue weighted by molar-refractivity contribution is 6.04. The number of hydrogen-bond donors (Lipinski definition) is 0. The quantitative estimate of drug-likeness (QED) is 0.838. The van der Waals surface area contributed by atoms with Gasteiger partial charge in [-0.1, -0.05) is 6.07 Å². The predicted octanol–water partition coefficient (Wildman–Crippen LogP) is 3.05. The largest absolute Gasteiger partial charge is 0.454 e. The molecule has 1 unspecified atom stereocenters. The molecule has 0 spiro atoms. The van der Waals surface area contributed by atoms with Crippen LogP contribution in [-0.2, 0) is 9.59 Å². The molecular formula is C21H22N2O4. The molecule has 0 saturated carbocycles. The van der Waals surface area contributed by atoms with Gasteiger partial charge in [0.15, 0.2) is 11.5 Å². The number of fused-ring (bicyclic) bond motifs is 1. The molecule has 2 amide bonds. The first-order valence-corrected chi connectivity index (χ1v) is 8.98. The Bertz CT molecular complexity index is 904. The van der Waals surface area contributed by atoms with Crippen LogP contribution in [0.1, 0.15) is 17.5 Å².